The molecule has 5 rings (SSSR count). The van der Waals surface area contributed by atoms with Gasteiger partial charge in [0.05, 0.1) is 19.1 Å². The summed E-state index contributed by atoms with van der Waals surface area (Å²) in [5.41, 5.74) is 0.554. The molecule has 0 saturated carbocycles. The van der Waals surface area contributed by atoms with Gasteiger partial charge < -0.3 is 28.1 Å². The van der Waals surface area contributed by atoms with Gasteiger partial charge in [0.1, 0.15) is 29.5 Å². The molecular formula is C25H24O8. The van der Waals surface area contributed by atoms with Gasteiger partial charge >= 0.3 is 5.97 Å². The summed E-state index contributed by atoms with van der Waals surface area (Å²) in [5, 5.41) is 0.273. The molecule has 2 aliphatic rings. The Morgan fingerprint density at radius 1 is 1.03 bits per heavy atom. The van der Waals surface area contributed by atoms with Gasteiger partial charge in [0.15, 0.2) is 17.8 Å². The average molecular weight is 452 g/mol. The zero-order chi connectivity index (χ0) is 23.2. The van der Waals surface area contributed by atoms with Crippen LogP contribution in [0.15, 0.2) is 63.8 Å². The van der Waals surface area contributed by atoms with Crippen molar-refractivity contribution in [3.8, 4) is 0 Å². The van der Waals surface area contributed by atoms with E-state index in [1.54, 1.807) is 38.1 Å². The summed E-state index contributed by atoms with van der Waals surface area (Å²) in [6, 6.07) is 16.3. The Balaban J connectivity index is 1.59. The van der Waals surface area contributed by atoms with Crippen LogP contribution in [0.3, 0.4) is 0 Å². The van der Waals surface area contributed by atoms with E-state index < -0.39 is 41.8 Å². The van der Waals surface area contributed by atoms with E-state index in [0.29, 0.717) is 5.58 Å². The summed E-state index contributed by atoms with van der Waals surface area (Å²) >= 11 is 0. The number of carbonyl (C=O) groups is 1. The highest BCUT2D eigenvalue weighted by molar-refractivity contribution is 5.94. The maximum Gasteiger partial charge on any atom is 0.345 e. The van der Waals surface area contributed by atoms with Crippen molar-refractivity contribution >= 4 is 16.9 Å². The van der Waals surface area contributed by atoms with Crippen LogP contribution >= 0.6 is 0 Å². The summed E-state index contributed by atoms with van der Waals surface area (Å²) in [6.45, 7) is 3.84. The van der Waals surface area contributed by atoms with Gasteiger partial charge in [0.25, 0.3) is 0 Å². The average Bonchev–Trinajstić information content (AvgIpc) is 3.29. The van der Waals surface area contributed by atoms with Crippen molar-refractivity contribution in [2.45, 2.75) is 50.8 Å². The third-order valence-corrected chi connectivity index (χ3v) is 5.75. The topological polar surface area (TPSA) is 93.4 Å². The molecule has 172 valence electrons. The fourth-order valence-electron chi connectivity index (χ4n) is 4.29. The predicted molar refractivity (Wildman–Crippen MR) is 116 cm³/mol. The van der Waals surface area contributed by atoms with Crippen LogP contribution < -0.4 is 5.43 Å². The second kappa shape index (κ2) is 8.39. The molecule has 0 bridgehead atoms. The van der Waals surface area contributed by atoms with Gasteiger partial charge in [0, 0.05) is 0 Å². The number of esters is 1. The van der Waals surface area contributed by atoms with E-state index in [-0.39, 0.29) is 23.3 Å². The lowest BCUT2D eigenvalue weighted by Gasteiger charge is -2.26. The standard InChI is InChI=1S/C25H24O8/c1-25(2)32-22-20(29-13-14-9-5-4-6-10-14)21(31-24(22)33-25)19-17(23(27)28-3)18(26)15-11-7-8-12-16(15)30-19/h4-12,20-22,24H,13H2,1-3H3/t20-,21?,22+,24+/m0/s1. The molecule has 2 aromatic carbocycles. The Morgan fingerprint density at radius 2 is 1.76 bits per heavy atom. The van der Waals surface area contributed by atoms with Gasteiger partial charge in [-0.1, -0.05) is 42.5 Å². The van der Waals surface area contributed by atoms with E-state index in [4.69, 9.17) is 28.1 Å². The molecule has 8 nitrogen and oxygen atoms in total. The number of benzene rings is 2. The highest BCUT2D eigenvalue weighted by atomic mass is 16.8. The lowest BCUT2D eigenvalue weighted by molar-refractivity contribution is -0.222. The Morgan fingerprint density at radius 3 is 2.52 bits per heavy atom. The lowest BCUT2D eigenvalue weighted by Crippen LogP contribution is -2.34. The zero-order valence-electron chi connectivity index (χ0n) is 18.5. The van der Waals surface area contributed by atoms with Crippen LogP contribution in [0.25, 0.3) is 11.0 Å². The summed E-state index contributed by atoms with van der Waals surface area (Å²) in [5.74, 6) is -1.65. The van der Waals surface area contributed by atoms with Crippen LogP contribution in [-0.2, 0) is 30.3 Å². The molecule has 8 heteroatoms. The highest BCUT2D eigenvalue weighted by Crippen LogP contribution is 2.45. The van der Waals surface area contributed by atoms with Crippen molar-refractivity contribution in [2.75, 3.05) is 7.11 Å². The number of ether oxygens (including phenoxy) is 5. The number of para-hydroxylation sites is 1. The molecule has 33 heavy (non-hydrogen) atoms. The predicted octanol–water partition coefficient (Wildman–Crippen LogP) is 3.71. The number of methoxy groups -OCH3 is 1. The first-order valence-corrected chi connectivity index (χ1v) is 10.7. The Bertz CT molecular complexity index is 1230. The van der Waals surface area contributed by atoms with Gasteiger partial charge in [-0.15, -0.1) is 0 Å². The minimum atomic E-state index is -0.925. The van der Waals surface area contributed by atoms with Crippen molar-refractivity contribution in [3.63, 3.8) is 0 Å². The molecule has 2 saturated heterocycles. The van der Waals surface area contributed by atoms with Gasteiger partial charge in [-0.25, -0.2) is 4.79 Å². The first-order chi connectivity index (χ1) is 15.9. The van der Waals surface area contributed by atoms with Crippen molar-refractivity contribution in [1.82, 2.24) is 0 Å². The van der Waals surface area contributed by atoms with E-state index in [1.165, 1.54) is 7.11 Å². The van der Waals surface area contributed by atoms with Crippen LogP contribution in [0, 0.1) is 0 Å². The second-order valence-corrected chi connectivity index (χ2v) is 8.44. The summed E-state index contributed by atoms with van der Waals surface area (Å²) in [4.78, 5) is 25.9. The fourth-order valence-corrected chi connectivity index (χ4v) is 4.29. The molecule has 0 radical (unpaired) electrons. The molecule has 1 aromatic heterocycles. The maximum absolute atomic E-state index is 13.2. The lowest BCUT2D eigenvalue weighted by atomic mass is 10.0. The second-order valence-electron chi connectivity index (χ2n) is 8.44. The van der Waals surface area contributed by atoms with Crippen molar-refractivity contribution in [2.24, 2.45) is 0 Å². The number of carbonyl (C=O) groups excluding carboxylic acids is 1. The molecule has 0 amide bonds. The van der Waals surface area contributed by atoms with E-state index >= 15 is 0 Å². The number of rotatable bonds is 5. The largest absolute Gasteiger partial charge is 0.465 e. The molecule has 0 aliphatic carbocycles. The number of hydrogen-bond acceptors (Lipinski definition) is 8. The van der Waals surface area contributed by atoms with E-state index in [1.807, 2.05) is 30.3 Å². The van der Waals surface area contributed by atoms with Gasteiger partial charge in [0.2, 0.25) is 5.43 Å². The summed E-state index contributed by atoms with van der Waals surface area (Å²) in [6.07, 6.45) is -2.97. The van der Waals surface area contributed by atoms with E-state index in [0.717, 1.165) is 5.56 Å². The molecular weight excluding hydrogens is 428 g/mol. The first-order valence-electron chi connectivity index (χ1n) is 10.7. The highest BCUT2D eigenvalue weighted by Gasteiger charge is 2.57. The maximum atomic E-state index is 13.2. The molecule has 3 aromatic rings. The minimum Gasteiger partial charge on any atom is -0.465 e. The minimum absolute atomic E-state index is 0.0306. The smallest absolute Gasteiger partial charge is 0.345 e. The zero-order valence-corrected chi connectivity index (χ0v) is 18.5. The monoisotopic (exact) mass is 452 g/mol. The summed E-state index contributed by atoms with van der Waals surface area (Å²) < 4.78 is 35.3. The molecule has 2 aliphatic heterocycles. The van der Waals surface area contributed by atoms with E-state index in [2.05, 4.69) is 0 Å². The number of fused-ring (bicyclic) bond motifs is 2. The van der Waals surface area contributed by atoms with Crippen LogP contribution in [0.1, 0.15) is 41.6 Å². The Hall–Kier alpha value is -3.04. The van der Waals surface area contributed by atoms with Gasteiger partial charge in [-0.3, -0.25) is 4.79 Å². The molecule has 2 fully saturated rings. The molecule has 3 heterocycles. The third kappa shape index (κ3) is 3.95. The van der Waals surface area contributed by atoms with Crippen molar-refractivity contribution in [3.05, 3.63) is 81.7 Å². The molecule has 0 N–H and O–H groups in total. The van der Waals surface area contributed by atoms with Crippen LogP contribution in [0.4, 0.5) is 0 Å². The van der Waals surface area contributed by atoms with E-state index in [9.17, 15) is 9.59 Å². The van der Waals surface area contributed by atoms with Crippen LogP contribution in [0.2, 0.25) is 0 Å². The summed E-state index contributed by atoms with van der Waals surface area (Å²) in [7, 11) is 1.21. The molecule has 1 unspecified atom stereocenters. The van der Waals surface area contributed by atoms with Crippen molar-refractivity contribution < 1.29 is 32.9 Å². The Kier molecular flexibility index (Phi) is 5.54. The first kappa shape index (κ1) is 21.8. The number of hydrogen-bond donors (Lipinski definition) is 0. The van der Waals surface area contributed by atoms with Gasteiger partial charge in [-0.2, -0.15) is 0 Å². The molecule has 0 spiro atoms. The third-order valence-electron chi connectivity index (χ3n) is 5.75. The quantitative estimate of drug-likeness (QED) is 0.541. The Labute approximate surface area is 190 Å². The van der Waals surface area contributed by atoms with Crippen LogP contribution in [0.5, 0.6) is 0 Å². The normalized spacial score (nSPS) is 25.8. The van der Waals surface area contributed by atoms with Crippen LogP contribution in [-0.4, -0.2) is 37.4 Å². The SMILES string of the molecule is COC(=O)c1c(C2O[C@@H]3OC(C)(C)O[C@@H]3[C@H]2OCc2ccccc2)oc2ccccc2c1=O. The van der Waals surface area contributed by atoms with Gasteiger partial charge in [-0.05, 0) is 31.5 Å². The fraction of sp³-hybridized carbons (Fsp3) is 0.360. The molecule has 4 atom stereocenters. The van der Waals surface area contributed by atoms with Crippen molar-refractivity contribution in [1.29, 1.82) is 0 Å².